The summed E-state index contributed by atoms with van der Waals surface area (Å²) in [5.41, 5.74) is 4.86. The van der Waals surface area contributed by atoms with Crippen molar-refractivity contribution in [3.63, 3.8) is 0 Å². The van der Waals surface area contributed by atoms with Crippen LogP contribution in [-0.2, 0) is 24.7 Å². The van der Waals surface area contributed by atoms with Gasteiger partial charge >= 0.3 is 0 Å². The molecule has 4 rings (SSSR count). The van der Waals surface area contributed by atoms with E-state index in [1.165, 1.54) is 0 Å². The Balaban J connectivity index is 1.62. The van der Waals surface area contributed by atoms with Crippen LogP contribution >= 0.6 is 0 Å². The van der Waals surface area contributed by atoms with Gasteiger partial charge in [-0.3, -0.25) is 14.9 Å². The summed E-state index contributed by atoms with van der Waals surface area (Å²) in [6.45, 7) is 2.04. The number of carbonyl (C=O) groups excluding carboxylic acids is 2. The largest absolute Gasteiger partial charge is 0.497 e. The summed E-state index contributed by atoms with van der Waals surface area (Å²) in [5, 5.41) is 5.84. The Bertz CT molecular complexity index is 1530. The van der Waals surface area contributed by atoms with Gasteiger partial charge < -0.3 is 24.1 Å². The quantitative estimate of drug-likeness (QED) is 0.204. The number of hydrogen-bond acceptors (Lipinski definition) is 6. The van der Waals surface area contributed by atoms with E-state index in [4.69, 9.17) is 19.2 Å². The van der Waals surface area contributed by atoms with E-state index in [2.05, 4.69) is 10.6 Å². The zero-order chi connectivity index (χ0) is 30.1. The maximum absolute atomic E-state index is 13.3. The summed E-state index contributed by atoms with van der Waals surface area (Å²) < 4.78 is 18.1. The third-order valence-electron chi connectivity index (χ3n) is 7.04. The maximum Gasteiger partial charge on any atom is 0.258 e. The third kappa shape index (κ3) is 7.48. The lowest BCUT2D eigenvalue weighted by atomic mass is 10.0. The van der Waals surface area contributed by atoms with Gasteiger partial charge in [0.1, 0.15) is 5.75 Å². The van der Waals surface area contributed by atoms with Crippen LogP contribution in [0.4, 0.5) is 11.6 Å². The van der Waals surface area contributed by atoms with E-state index in [1.54, 1.807) is 45.6 Å². The van der Waals surface area contributed by atoms with Crippen LogP contribution in [0.1, 0.15) is 59.1 Å². The molecule has 9 nitrogen and oxygen atoms in total. The van der Waals surface area contributed by atoms with E-state index in [0.29, 0.717) is 48.0 Å². The number of methoxy groups -OCH3 is 3. The number of aromatic nitrogens is 2. The first kappa shape index (κ1) is 30.2. The van der Waals surface area contributed by atoms with Crippen LogP contribution in [0.3, 0.4) is 0 Å². The minimum atomic E-state index is -0.318. The van der Waals surface area contributed by atoms with Gasteiger partial charge in [0.2, 0.25) is 11.9 Å². The van der Waals surface area contributed by atoms with Gasteiger partial charge in [-0.2, -0.15) is 0 Å². The third-order valence-corrected chi connectivity index (χ3v) is 7.04. The zero-order valence-corrected chi connectivity index (χ0v) is 24.8. The molecule has 1 aromatic heterocycles. The molecule has 0 radical (unpaired) electrons. The van der Waals surface area contributed by atoms with Crippen LogP contribution in [-0.4, -0.2) is 42.7 Å². The number of imidazole rings is 1. The van der Waals surface area contributed by atoms with E-state index in [1.807, 2.05) is 61.0 Å². The summed E-state index contributed by atoms with van der Waals surface area (Å²) in [7, 11) is 6.75. The molecule has 0 aliphatic rings. The van der Waals surface area contributed by atoms with Gasteiger partial charge in [-0.1, -0.05) is 37.6 Å². The topological polar surface area (TPSA) is 104 Å². The first-order valence-corrected chi connectivity index (χ1v) is 13.9. The fraction of sp³-hybridized carbons (Fsp3) is 0.303. The number of anilines is 2. The van der Waals surface area contributed by atoms with Crippen molar-refractivity contribution < 1.29 is 23.8 Å². The van der Waals surface area contributed by atoms with E-state index < -0.39 is 0 Å². The molecular weight excluding hydrogens is 532 g/mol. The summed E-state index contributed by atoms with van der Waals surface area (Å²) >= 11 is 0. The molecule has 42 heavy (non-hydrogen) atoms. The summed E-state index contributed by atoms with van der Waals surface area (Å²) in [6.07, 6.45) is 3.32. The van der Waals surface area contributed by atoms with E-state index in [-0.39, 0.29) is 11.8 Å². The highest BCUT2D eigenvalue weighted by atomic mass is 16.5. The van der Waals surface area contributed by atoms with Crippen molar-refractivity contribution in [2.24, 2.45) is 7.05 Å². The van der Waals surface area contributed by atoms with E-state index >= 15 is 0 Å². The van der Waals surface area contributed by atoms with Gasteiger partial charge in [0, 0.05) is 43.3 Å². The Hall–Kier alpha value is -4.79. The molecule has 0 spiro atoms. The summed E-state index contributed by atoms with van der Waals surface area (Å²) in [4.78, 5) is 30.4. The standard InChI is InChI=1S/C33H38N4O5/c1-6-7-11-31(38)34-25-10-8-9-24(21-25)32(39)36-33-35-27(18-22-12-15-26(40-3)16-13-22)28(37(33)2)19-23-14-17-29(41-4)30(20-23)42-5/h8-10,12-17,20-21H,6-7,11,18-19H2,1-5H3,(H,34,38)(H,35,36,39). The molecule has 0 saturated carbocycles. The minimum absolute atomic E-state index is 0.0681. The minimum Gasteiger partial charge on any atom is -0.497 e. The average Bonchev–Trinajstić information content (AvgIpc) is 3.29. The summed E-state index contributed by atoms with van der Waals surface area (Å²) in [6, 6.07) is 20.6. The molecule has 0 bridgehead atoms. The number of carbonyl (C=O) groups is 2. The predicted molar refractivity (Wildman–Crippen MR) is 164 cm³/mol. The molecule has 0 aliphatic heterocycles. The number of amides is 2. The Morgan fingerprint density at radius 3 is 2.26 bits per heavy atom. The van der Waals surface area contributed by atoms with Crippen molar-refractivity contribution >= 4 is 23.5 Å². The van der Waals surface area contributed by atoms with Gasteiger partial charge in [-0.05, 0) is 60.0 Å². The van der Waals surface area contributed by atoms with Crippen molar-refractivity contribution in [3.8, 4) is 17.2 Å². The molecule has 9 heteroatoms. The molecule has 2 amide bonds. The fourth-order valence-electron chi connectivity index (χ4n) is 4.66. The second-order valence-electron chi connectivity index (χ2n) is 9.97. The van der Waals surface area contributed by atoms with Crippen molar-refractivity contribution in [3.05, 3.63) is 94.8 Å². The van der Waals surface area contributed by atoms with Gasteiger partial charge in [0.15, 0.2) is 11.5 Å². The molecule has 0 fully saturated rings. The highest BCUT2D eigenvalue weighted by molar-refractivity contribution is 6.04. The number of benzene rings is 3. The molecule has 0 saturated heterocycles. The van der Waals surface area contributed by atoms with Crippen molar-refractivity contribution in [2.75, 3.05) is 32.0 Å². The first-order valence-electron chi connectivity index (χ1n) is 13.9. The molecule has 0 unspecified atom stereocenters. The number of nitrogens with one attached hydrogen (secondary N) is 2. The molecule has 0 atom stereocenters. The Morgan fingerprint density at radius 1 is 0.833 bits per heavy atom. The lowest BCUT2D eigenvalue weighted by Crippen LogP contribution is -2.16. The molecule has 0 aliphatic carbocycles. The lowest BCUT2D eigenvalue weighted by molar-refractivity contribution is -0.116. The second-order valence-corrected chi connectivity index (χ2v) is 9.97. The van der Waals surface area contributed by atoms with Gasteiger partial charge in [0.25, 0.3) is 5.91 Å². The average molecular weight is 571 g/mol. The van der Waals surface area contributed by atoms with E-state index in [0.717, 1.165) is 41.1 Å². The number of nitrogens with zero attached hydrogens (tertiary/aromatic N) is 2. The SMILES string of the molecule is CCCCC(=O)Nc1cccc(C(=O)Nc2nc(Cc3ccc(OC)cc3)c(Cc3ccc(OC)c(OC)c3)n2C)c1. The first-order chi connectivity index (χ1) is 20.3. The second kappa shape index (κ2) is 14.2. The smallest absolute Gasteiger partial charge is 0.258 e. The molecule has 1 heterocycles. The highest BCUT2D eigenvalue weighted by Crippen LogP contribution is 2.30. The van der Waals surface area contributed by atoms with Crippen molar-refractivity contribution in [1.82, 2.24) is 9.55 Å². The van der Waals surface area contributed by atoms with Crippen LogP contribution in [0, 0.1) is 0 Å². The van der Waals surface area contributed by atoms with Crippen molar-refractivity contribution in [1.29, 1.82) is 0 Å². The van der Waals surface area contributed by atoms with Crippen LogP contribution in [0.25, 0.3) is 0 Å². The van der Waals surface area contributed by atoms with Gasteiger partial charge in [-0.25, -0.2) is 4.98 Å². The maximum atomic E-state index is 13.3. The lowest BCUT2D eigenvalue weighted by Gasteiger charge is -2.12. The molecule has 2 N–H and O–H groups in total. The van der Waals surface area contributed by atoms with Crippen LogP contribution in [0.5, 0.6) is 17.2 Å². The number of unbranched alkanes of at least 4 members (excludes halogenated alkanes) is 1. The van der Waals surface area contributed by atoms with E-state index in [9.17, 15) is 9.59 Å². The zero-order valence-electron chi connectivity index (χ0n) is 24.8. The molecule has 220 valence electrons. The molecule has 4 aromatic rings. The van der Waals surface area contributed by atoms with Crippen LogP contribution in [0.2, 0.25) is 0 Å². The summed E-state index contributed by atoms with van der Waals surface area (Å²) in [5.74, 6) is 2.12. The Morgan fingerprint density at radius 2 is 1.57 bits per heavy atom. The Labute approximate surface area is 246 Å². The molecular formula is C33H38N4O5. The van der Waals surface area contributed by atoms with Gasteiger partial charge in [-0.15, -0.1) is 0 Å². The highest BCUT2D eigenvalue weighted by Gasteiger charge is 2.19. The van der Waals surface area contributed by atoms with Crippen molar-refractivity contribution in [2.45, 2.75) is 39.0 Å². The number of rotatable bonds is 13. The fourth-order valence-corrected chi connectivity index (χ4v) is 4.66. The predicted octanol–water partition coefficient (Wildman–Crippen LogP) is 6.01. The number of hydrogen-bond donors (Lipinski definition) is 2. The van der Waals surface area contributed by atoms with Crippen LogP contribution in [0.15, 0.2) is 66.7 Å². The molecule has 3 aromatic carbocycles. The monoisotopic (exact) mass is 570 g/mol. The van der Waals surface area contributed by atoms with Crippen LogP contribution < -0.4 is 24.8 Å². The normalized spacial score (nSPS) is 10.7. The number of ether oxygens (including phenoxy) is 3. The van der Waals surface area contributed by atoms with Gasteiger partial charge in [0.05, 0.1) is 27.0 Å². The Kier molecular flexibility index (Phi) is 10.2.